The number of anilines is 1. The summed E-state index contributed by atoms with van der Waals surface area (Å²) >= 11 is 6.09. The van der Waals surface area contributed by atoms with Crippen molar-refractivity contribution in [3.8, 4) is 0 Å². The van der Waals surface area contributed by atoms with E-state index < -0.39 is 0 Å². The van der Waals surface area contributed by atoms with Gasteiger partial charge < -0.3 is 10.6 Å². The summed E-state index contributed by atoms with van der Waals surface area (Å²) in [5.74, 6) is -0.0619. The van der Waals surface area contributed by atoms with Gasteiger partial charge in [0.25, 0.3) is 5.91 Å². The number of halogens is 1. The number of pyridine rings is 1. The predicted octanol–water partition coefficient (Wildman–Crippen LogP) is 3.12. The number of hydrogen-bond acceptors (Lipinski definition) is 3. The van der Waals surface area contributed by atoms with Crippen molar-refractivity contribution in [2.24, 2.45) is 0 Å². The summed E-state index contributed by atoms with van der Waals surface area (Å²) in [6, 6.07) is 9.56. The van der Waals surface area contributed by atoms with Gasteiger partial charge in [-0.1, -0.05) is 29.8 Å². The number of aromatic nitrogens is 1. The first kappa shape index (κ1) is 13.9. The Labute approximate surface area is 128 Å². The van der Waals surface area contributed by atoms with E-state index in [9.17, 15) is 4.79 Å². The van der Waals surface area contributed by atoms with E-state index in [1.165, 1.54) is 6.20 Å². The van der Waals surface area contributed by atoms with Gasteiger partial charge >= 0.3 is 0 Å². The maximum absolute atomic E-state index is 12.7. The molecule has 0 bridgehead atoms. The Hall–Kier alpha value is -2.07. The molecule has 1 amide bonds. The Morgan fingerprint density at radius 1 is 1.33 bits per heavy atom. The van der Waals surface area contributed by atoms with Crippen LogP contribution in [0.25, 0.3) is 0 Å². The lowest BCUT2D eigenvalue weighted by molar-refractivity contribution is 0.0730. The molecule has 0 saturated heterocycles. The van der Waals surface area contributed by atoms with Crippen molar-refractivity contribution in [2.45, 2.75) is 25.4 Å². The lowest BCUT2D eigenvalue weighted by atomic mass is 10.1. The van der Waals surface area contributed by atoms with Crippen molar-refractivity contribution in [1.29, 1.82) is 0 Å². The lowest BCUT2D eigenvalue weighted by Gasteiger charge is -2.23. The summed E-state index contributed by atoms with van der Waals surface area (Å²) in [5.41, 5.74) is 8.14. The summed E-state index contributed by atoms with van der Waals surface area (Å²) in [6.07, 6.45) is 5.14. The van der Waals surface area contributed by atoms with Crippen LogP contribution >= 0.6 is 11.6 Å². The number of nitrogens with two attached hydrogens (primary N) is 1. The van der Waals surface area contributed by atoms with E-state index in [-0.39, 0.29) is 11.9 Å². The molecule has 0 aliphatic heterocycles. The fourth-order valence-electron chi connectivity index (χ4n) is 2.32. The number of carbonyl (C=O) groups is 1. The number of carbonyl (C=O) groups excluding carboxylic acids is 1. The fourth-order valence-corrected chi connectivity index (χ4v) is 2.52. The number of amides is 1. The molecule has 2 N–H and O–H groups in total. The zero-order chi connectivity index (χ0) is 14.8. The highest BCUT2D eigenvalue weighted by Gasteiger charge is 2.34. The van der Waals surface area contributed by atoms with Crippen molar-refractivity contribution < 1.29 is 4.79 Å². The van der Waals surface area contributed by atoms with Gasteiger partial charge in [0.15, 0.2) is 0 Å². The Kier molecular flexibility index (Phi) is 3.80. The van der Waals surface area contributed by atoms with Crippen LogP contribution < -0.4 is 5.73 Å². The van der Waals surface area contributed by atoms with E-state index in [4.69, 9.17) is 17.3 Å². The van der Waals surface area contributed by atoms with E-state index in [1.807, 2.05) is 29.2 Å². The molecule has 1 fully saturated rings. The number of hydrogen-bond donors (Lipinski definition) is 1. The molecule has 5 heteroatoms. The molecule has 1 aromatic carbocycles. The van der Waals surface area contributed by atoms with Gasteiger partial charge in [-0.05, 0) is 30.5 Å². The first-order valence-electron chi connectivity index (χ1n) is 6.90. The van der Waals surface area contributed by atoms with Gasteiger partial charge in [0, 0.05) is 30.7 Å². The molecule has 4 nitrogen and oxygen atoms in total. The second-order valence-electron chi connectivity index (χ2n) is 5.22. The first-order chi connectivity index (χ1) is 10.2. The van der Waals surface area contributed by atoms with Crippen LogP contribution in [-0.2, 0) is 6.54 Å². The van der Waals surface area contributed by atoms with Gasteiger partial charge in [-0.3, -0.25) is 9.78 Å². The second kappa shape index (κ2) is 5.74. The third kappa shape index (κ3) is 3.00. The third-order valence-corrected chi connectivity index (χ3v) is 3.95. The molecular weight excluding hydrogens is 286 g/mol. The molecule has 1 saturated carbocycles. The van der Waals surface area contributed by atoms with Gasteiger partial charge in [-0.25, -0.2) is 0 Å². The predicted molar refractivity (Wildman–Crippen MR) is 83.0 cm³/mol. The Balaban J connectivity index is 1.87. The van der Waals surface area contributed by atoms with E-state index in [0.717, 1.165) is 18.4 Å². The highest BCUT2D eigenvalue weighted by Crippen LogP contribution is 2.31. The quantitative estimate of drug-likeness (QED) is 0.883. The van der Waals surface area contributed by atoms with Gasteiger partial charge in [0.2, 0.25) is 0 Å². The molecule has 0 spiro atoms. The Bertz CT molecular complexity index is 670. The molecule has 1 aromatic heterocycles. The monoisotopic (exact) mass is 301 g/mol. The average molecular weight is 302 g/mol. The summed E-state index contributed by atoms with van der Waals surface area (Å²) in [7, 11) is 0. The summed E-state index contributed by atoms with van der Waals surface area (Å²) in [5, 5.41) is 0.384. The standard InChI is InChI=1S/C16H16ClN3O/c17-14-9-19-8-7-13(14)16(21)20(12-5-6-12)10-11-3-1-2-4-15(11)18/h1-4,7-9,12H,5-6,10,18H2. The smallest absolute Gasteiger partial charge is 0.256 e. The minimum Gasteiger partial charge on any atom is -0.398 e. The summed E-state index contributed by atoms with van der Waals surface area (Å²) < 4.78 is 0. The van der Waals surface area contributed by atoms with Crippen molar-refractivity contribution in [1.82, 2.24) is 9.88 Å². The number of benzene rings is 1. The van der Waals surface area contributed by atoms with Crippen molar-refractivity contribution in [3.63, 3.8) is 0 Å². The molecule has 1 aliphatic carbocycles. The van der Waals surface area contributed by atoms with Crippen molar-refractivity contribution >= 4 is 23.2 Å². The van der Waals surface area contributed by atoms with Crippen LogP contribution in [0.1, 0.15) is 28.8 Å². The molecule has 3 rings (SSSR count). The molecule has 0 atom stereocenters. The fraction of sp³-hybridized carbons (Fsp3) is 0.250. The van der Waals surface area contributed by atoms with Gasteiger partial charge in [-0.15, -0.1) is 0 Å². The normalized spacial score (nSPS) is 14.0. The first-order valence-corrected chi connectivity index (χ1v) is 7.28. The maximum atomic E-state index is 12.7. The SMILES string of the molecule is Nc1ccccc1CN(C(=O)c1ccncc1Cl)C1CC1. The van der Waals surface area contributed by atoms with Crippen LogP contribution in [0, 0.1) is 0 Å². The molecule has 2 aromatic rings. The van der Waals surface area contributed by atoms with Crippen LogP contribution in [0.2, 0.25) is 5.02 Å². The molecule has 1 aliphatic rings. The topological polar surface area (TPSA) is 59.2 Å². The maximum Gasteiger partial charge on any atom is 0.256 e. The largest absolute Gasteiger partial charge is 0.398 e. The summed E-state index contributed by atoms with van der Waals surface area (Å²) in [6.45, 7) is 0.509. The van der Waals surface area contributed by atoms with Crippen LogP contribution in [0.5, 0.6) is 0 Å². The average Bonchev–Trinajstić information content (AvgIpc) is 3.31. The number of nitrogens with zero attached hydrogens (tertiary/aromatic N) is 2. The number of para-hydroxylation sites is 1. The van der Waals surface area contributed by atoms with Crippen LogP contribution in [-0.4, -0.2) is 21.8 Å². The minimum absolute atomic E-state index is 0.0619. The highest BCUT2D eigenvalue weighted by molar-refractivity contribution is 6.33. The van der Waals surface area contributed by atoms with E-state index >= 15 is 0 Å². The molecule has 1 heterocycles. The minimum atomic E-state index is -0.0619. The molecular formula is C16H16ClN3O. The highest BCUT2D eigenvalue weighted by atomic mass is 35.5. The Morgan fingerprint density at radius 2 is 2.10 bits per heavy atom. The number of nitrogen functional groups attached to an aromatic ring is 1. The Morgan fingerprint density at radius 3 is 2.76 bits per heavy atom. The molecule has 108 valence electrons. The molecule has 21 heavy (non-hydrogen) atoms. The van der Waals surface area contributed by atoms with E-state index in [2.05, 4.69) is 4.98 Å². The zero-order valence-corrected chi connectivity index (χ0v) is 12.3. The third-order valence-electron chi connectivity index (χ3n) is 3.65. The van der Waals surface area contributed by atoms with Gasteiger partial charge in [0.05, 0.1) is 10.6 Å². The van der Waals surface area contributed by atoms with Gasteiger partial charge in [-0.2, -0.15) is 0 Å². The van der Waals surface area contributed by atoms with E-state index in [1.54, 1.807) is 12.3 Å². The van der Waals surface area contributed by atoms with Gasteiger partial charge in [0.1, 0.15) is 0 Å². The zero-order valence-electron chi connectivity index (χ0n) is 11.5. The van der Waals surface area contributed by atoms with E-state index in [0.29, 0.717) is 22.8 Å². The molecule has 0 radical (unpaired) electrons. The van der Waals surface area contributed by atoms with Crippen molar-refractivity contribution in [3.05, 3.63) is 58.9 Å². The van der Waals surface area contributed by atoms with Crippen molar-refractivity contribution in [2.75, 3.05) is 5.73 Å². The van der Waals surface area contributed by atoms with Crippen LogP contribution in [0.3, 0.4) is 0 Å². The number of rotatable bonds is 4. The second-order valence-corrected chi connectivity index (χ2v) is 5.63. The van der Waals surface area contributed by atoms with Crippen LogP contribution in [0.4, 0.5) is 5.69 Å². The summed E-state index contributed by atoms with van der Waals surface area (Å²) in [4.78, 5) is 18.5. The lowest BCUT2D eigenvalue weighted by Crippen LogP contribution is -2.33. The van der Waals surface area contributed by atoms with Crippen LogP contribution in [0.15, 0.2) is 42.7 Å². The molecule has 0 unspecified atom stereocenters.